The Morgan fingerprint density at radius 2 is 1.78 bits per heavy atom. The van der Waals surface area contributed by atoms with Crippen LogP contribution < -0.4 is 0 Å². The Labute approximate surface area is 61.8 Å². The zero-order valence-electron chi connectivity index (χ0n) is 5.22. The lowest BCUT2D eigenvalue weighted by molar-refractivity contribution is 0.352. The first-order chi connectivity index (χ1) is 3.80. The molecule has 0 unspecified atom stereocenters. The van der Waals surface area contributed by atoms with Gasteiger partial charge in [-0.2, -0.15) is 13.5 Å². The van der Waals surface area contributed by atoms with Crippen LogP contribution in [0.2, 0.25) is 0 Å². The first-order valence-electron chi connectivity index (χ1n) is 2.53. The molecule has 0 aliphatic rings. The Morgan fingerprint density at radius 3 is 2.11 bits per heavy atom. The molecule has 0 spiro atoms. The predicted octanol–water partition coefficient (Wildman–Crippen LogP) is 2.25. The summed E-state index contributed by atoms with van der Waals surface area (Å²) in [4.78, 5) is 0. The van der Waals surface area contributed by atoms with Crippen LogP contribution >= 0.6 is 13.5 Å². The van der Waals surface area contributed by atoms with Gasteiger partial charge in [-0.3, -0.25) is 5.11 Å². The average Bonchev–Trinajstić information content (AvgIpc) is 1.77. The molecule has 0 amide bonds. The highest BCUT2D eigenvalue weighted by Gasteiger charge is 1.90. The van der Waals surface area contributed by atoms with Crippen molar-refractivity contribution in [3.05, 3.63) is 29.8 Å². The number of hydrogen-bond acceptors (Lipinski definition) is 0. The van der Waals surface area contributed by atoms with Gasteiger partial charge in [0.2, 0.25) is 0 Å². The van der Waals surface area contributed by atoms with Gasteiger partial charge in [0.25, 0.3) is 0 Å². The minimum absolute atomic E-state index is 0. The van der Waals surface area contributed by atoms with Crippen LogP contribution in [0.25, 0.3) is 0 Å². The lowest BCUT2D eigenvalue weighted by Gasteiger charge is -1.88. The van der Waals surface area contributed by atoms with E-state index < -0.39 is 0 Å². The third kappa shape index (κ3) is 1.98. The van der Waals surface area contributed by atoms with Gasteiger partial charge in [0.05, 0.1) is 0 Å². The second-order valence-corrected chi connectivity index (χ2v) is 1.77. The fourth-order valence-corrected chi connectivity index (χ4v) is 0.556. The van der Waals surface area contributed by atoms with Gasteiger partial charge in [-0.05, 0) is 18.6 Å². The highest BCUT2D eigenvalue weighted by Crippen LogP contribution is 2.13. The molecule has 0 aromatic heterocycles. The van der Waals surface area contributed by atoms with E-state index in [0.717, 1.165) is 5.56 Å². The van der Waals surface area contributed by atoms with E-state index in [9.17, 15) is 5.11 Å². The number of hydrogen-bond donors (Lipinski definition) is 0. The Hall–Kier alpha value is -0.630. The molecule has 49 valence electrons. The largest absolute Gasteiger partial charge is 0.290 e. The summed E-state index contributed by atoms with van der Waals surface area (Å²) < 4.78 is 0. The highest BCUT2D eigenvalue weighted by molar-refractivity contribution is 7.59. The fourth-order valence-electron chi connectivity index (χ4n) is 0.556. The molecule has 1 radical (unpaired) electrons. The zero-order chi connectivity index (χ0) is 5.98. The third-order valence-electron chi connectivity index (χ3n) is 1.09. The molecule has 0 aliphatic heterocycles. The normalized spacial score (nSPS) is 8.11. The van der Waals surface area contributed by atoms with Crippen molar-refractivity contribution >= 4 is 13.5 Å². The molecule has 1 aromatic carbocycles. The van der Waals surface area contributed by atoms with Gasteiger partial charge in [-0.25, -0.2) is 0 Å². The van der Waals surface area contributed by atoms with E-state index in [1.165, 1.54) is 0 Å². The van der Waals surface area contributed by atoms with E-state index >= 15 is 0 Å². The molecule has 1 aromatic rings. The first kappa shape index (κ1) is 8.37. The van der Waals surface area contributed by atoms with E-state index in [1.54, 1.807) is 12.1 Å². The highest BCUT2D eigenvalue weighted by atomic mass is 32.1. The van der Waals surface area contributed by atoms with Gasteiger partial charge in [0, 0.05) is 0 Å². The van der Waals surface area contributed by atoms with Crippen molar-refractivity contribution in [2.24, 2.45) is 0 Å². The van der Waals surface area contributed by atoms with E-state index in [4.69, 9.17) is 0 Å². The molecule has 0 bridgehead atoms. The van der Waals surface area contributed by atoms with E-state index in [-0.39, 0.29) is 19.2 Å². The van der Waals surface area contributed by atoms with Crippen LogP contribution in [0.1, 0.15) is 5.56 Å². The molecule has 0 saturated heterocycles. The third-order valence-corrected chi connectivity index (χ3v) is 1.09. The molecule has 9 heavy (non-hydrogen) atoms. The second-order valence-electron chi connectivity index (χ2n) is 1.77. The first-order valence-corrected chi connectivity index (χ1v) is 2.53. The Bertz CT molecular complexity index is 165. The quantitative estimate of drug-likeness (QED) is 0.528. The van der Waals surface area contributed by atoms with Crippen molar-refractivity contribution in [2.45, 2.75) is 6.92 Å². The van der Waals surface area contributed by atoms with Gasteiger partial charge >= 0.3 is 0 Å². The van der Waals surface area contributed by atoms with E-state index in [0.29, 0.717) is 0 Å². The maximum atomic E-state index is 10.6. The summed E-state index contributed by atoms with van der Waals surface area (Å²) in [5.41, 5.74) is 0.813. The monoisotopic (exact) mass is 141 g/mol. The summed E-state index contributed by atoms with van der Waals surface area (Å²) >= 11 is 0. The van der Waals surface area contributed by atoms with Crippen molar-refractivity contribution in [3.63, 3.8) is 0 Å². The number of benzene rings is 1. The Balaban J connectivity index is 0.000000640. The van der Waals surface area contributed by atoms with Crippen LogP contribution in [0, 0.1) is 6.92 Å². The summed E-state index contributed by atoms with van der Waals surface area (Å²) in [7, 11) is 0. The summed E-state index contributed by atoms with van der Waals surface area (Å²) in [6.07, 6.45) is 0. The van der Waals surface area contributed by atoms with Crippen LogP contribution in [0.5, 0.6) is 5.75 Å². The molecule has 2 heteroatoms. The molecule has 1 nitrogen and oxygen atoms in total. The average molecular weight is 141 g/mol. The number of rotatable bonds is 0. The minimum atomic E-state index is 0. The topological polar surface area (TPSA) is 19.9 Å². The van der Waals surface area contributed by atoms with Gasteiger partial charge < -0.3 is 0 Å². The van der Waals surface area contributed by atoms with Crippen LogP contribution in [0.15, 0.2) is 24.3 Å². The Kier molecular flexibility index (Phi) is 3.17. The lowest BCUT2D eigenvalue weighted by Crippen LogP contribution is -1.67. The number of aryl methyl sites for hydroxylation is 1. The molecule has 0 heterocycles. The number of para-hydroxylation sites is 1. The van der Waals surface area contributed by atoms with Crippen LogP contribution in [-0.4, -0.2) is 0 Å². The smallest absolute Gasteiger partial charge is 0.181 e. The summed E-state index contributed by atoms with van der Waals surface area (Å²) in [5.74, 6) is 0.118. The van der Waals surface area contributed by atoms with Gasteiger partial charge in [-0.15, -0.1) is 0 Å². The van der Waals surface area contributed by atoms with Gasteiger partial charge in [0.1, 0.15) is 0 Å². The maximum Gasteiger partial charge on any atom is 0.181 e. The van der Waals surface area contributed by atoms with Crippen molar-refractivity contribution in [1.82, 2.24) is 0 Å². The van der Waals surface area contributed by atoms with Crippen LogP contribution in [0.3, 0.4) is 0 Å². The van der Waals surface area contributed by atoms with E-state index in [1.807, 2.05) is 19.1 Å². The molecule has 1 rings (SSSR count). The summed E-state index contributed by atoms with van der Waals surface area (Å²) in [5, 5.41) is 10.6. The maximum absolute atomic E-state index is 10.6. The standard InChI is InChI=1S/C7H7O.H2S/c1-6-4-2-3-5-7(6)8;/h2-5H,1H3;1H2. The second kappa shape index (κ2) is 3.41. The predicted molar refractivity (Wildman–Crippen MR) is 41.7 cm³/mol. The summed E-state index contributed by atoms with van der Waals surface area (Å²) in [6, 6.07) is 6.98. The molecule has 0 atom stereocenters. The van der Waals surface area contributed by atoms with Crippen LogP contribution in [-0.2, 0) is 5.11 Å². The van der Waals surface area contributed by atoms with Gasteiger partial charge in [-0.1, -0.05) is 18.2 Å². The molecule has 0 saturated carbocycles. The lowest BCUT2D eigenvalue weighted by atomic mass is 10.2. The molecular formula is C7H9OS. The molecular weight excluding hydrogens is 132 g/mol. The fraction of sp³-hybridized carbons (Fsp3) is 0.143. The molecule has 0 N–H and O–H groups in total. The molecule has 0 aliphatic carbocycles. The van der Waals surface area contributed by atoms with Crippen molar-refractivity contribution in [2.75, 3.05) is 0 Å². The van der Waals surface area contributed by atoms with Crippen molar-refractivity contribution in [3.8, 4) is 5.75 Å². The minimum Gasteiger partial charge on any atom is -0.290 e. The van der Waals surface area contributed by atoms with Crippen molar-refractivity contribution in [1.29, 1.82) is 0 Å². The van der Waals surface area contributed by atoms with E-state index in [2.05, 4.69) is 0 Å². The summed E-state index contributed by atoms with van der Waals surface area (Å²) in [6.45, 7) is 1.81. The molecule has 0 fully saturated rings. The zero-order valence-corrected chi connectivity index (χ0v) is 6.22. The van der Waals surface area contributed by atoms with Crippen LogP contribution in [0.4, 0.5) is 0 Å². The Morgan fingerprint density at radius 1 is 1.22 bits per heavy atom. The SMILES string of the molecule is Cc1ccccc1[O].S. The van der Waals surface area contributed by atoms with Gasteiger partial charge in [0.15, 0.2) is 5.75 Å². The van der Waals surface area contributed by atoms with Crippen molar-refractivity contribution < 1.29 is 5.11 Å².